The predicted molar refractivity (Wildman–Crippen MR) is 76.7 cm³/mol. The Labute approximate surface area is 114 Å². The molecule has 0 aromatic heterocycles. The van der Waals surface area contributed by atoms with Crippen molar-refractivity contribution in [3.05, 3.63) is 42.2 Å². The predicted octanol–water partition coefficient (Wildman–Crippen LogP) is 2.89. The van der Waals surface area contributed by atoms with E-state index in [1.807, 2.05) is 19.9 Å². The largest absolute Gasteiger partial charge is 0.492 e. The fourth-order valence-electron chi connectivity index (χ4n) is 1.32. The maximum absolute atomic E-state index is 12.6. The summed E-state index contributed by atoms with van der Waals surface area (Å²) < 4.78 is 18.0. The molecule has 0 spiro atoms. The molecule has 1 aromatic rings. The lowest BCUT2D eigenvalue weighted by atomic mass is 10.2. The van der Waals surface area contributed by atoms with Gasteiger partial charge in [0.15, 0.2) is 0 Å². The molecule has 0 aliphatic carbocycles. The average molecular weight is 269 g/mol. The third-order valence-electron chi connectivity index (χ3n) is 2.25. The molecule has 0 bridgehead atoms. The Morgan fingerprint density at radius 1 is 1.26 bits per heavy atom. The number of ether oxygens (including phenoxy) is 1. The van der Waals surface area contributed by atoms with Crippen molar-refractivity contribution in [1.29, 1.82) is 0 Å². The fraction of sp³-hybridized carbons (Fsp3) is 0.467. The van der Waals surface area contributed by atoms with Crippen LogP contribution >= 0.6 is 0 Å². The zero-order chi connectivity index (χ0) is 14.5. The van der Waals surface area contributed by atoms with E-state index in [1.165, 1.54) is 12.1 Å². The van der Waals surface area contributed by atoms with E-state index in [-0.39, 0.29) is 18.5 Å². The molecule has 1 aromatic carbocycles. The van der Waals surface area contributed by atoms with E-state index in [9.17, 15) is 4.39 Å². The molecular formula is C15H24FNO2. The molecule has 0 saturated heterocycles. The van der Waals surface area contributed by atoms with Crippen molar-refractivity contribution < 1.29 is 14.2 Å². The number of rotatable bonds is 7. The summed E-state index contributed by atoms with van der Waals surface area (Å²) in [5, 5.41) is 8.53. The van der Waals surface area contributed by atoms with Crippen molar-refractivity contribution in [3.8, 4) is 5.75 Å². The summed E-state index contributed by atoms with van der Waals surface area (Å²) in [6.07, 6.45) is 5.18. The lowest BCUT2D eigenvalue weighted by Gasteiger charge is -2.12. The second kappa shape index (κ2) is 11.7. The monoisotopic (exact) mass is 269 g/mol. The number of benzene rings is 1. The van der Waals surface area contributed by atoms with Gasteiger partial charge in [0.05, 0.1) is 6.61 Å². The maximum atomic E-state index is 12.6. The topological polar surface area (TPSA) is 55.5 Å². The quantitative estimate of drug-likeness (QED) is 0.748. The lowest BCUT2D eigenvalue weighted by Crippen LogP contribution is -2.27. The van der Waals surface area contributed by atoms with Crippen LogP contribution in [0.25, 0.3) is 0 Å². The highest BCUT2D eigenvalue weighted by Gasteiger charge is 2.02. The van der Waals surface area contributed by atoms with Crippen LogP contribution in [0.1, 0.15) is 26.7 Å². The number of nitrogens with two attached hydrogens (primary N) is 1. The summed E-state index contributed by atoms with van der Waals surface area (Å²) in [6.45, 7) is 4.46. The highest BCUT2D eigenvalue weighted by atomic mass is 19.1. The van der Waals surface area contributed by atoms with Gasteiger partial charge < -0.3 is 15.6 Å². The first-order valence-corrected chi connectivity index (χ1v) is 6.62. The van der Waals surface area contributed by atoms with Crippen LogP contribution in [0, 0.1) is 5.82 Å². The van der Waals surface area contributed by atoms with Crippen LogP contribution < -0.4 is 10.5 Å². The first-order chi connectivity index (χ1) is 9.22. The van der Waals surface area contributed by atoms with E-state index in [0.717, 1.165) is 12.8 Å². The summed E-state index contributed by atoms with van der Waals surface area (Å²) in [6, 6.07) is 5.79. The van der Waals surface area contributed by atoms with Gasteiger partial charge in [-0.05, 0) is 37.1 Å². The molecule has 108 valence electrons. The van der Waals surface area contributed by atoms with E-state index in [0.29, 0.717) is 12.4 Å². The van der Waals surface area contributed by atoms with Gasteiger partial charge in [-0.2, -0.15) is 0 Å². The smallest absolute Gasteiger partial charge is 0.123 e. The van der Waals surface area contributed by atoms with E-state index < -0.39 is 0 Å². The van der Waals surface area contributed by atoms with Crippen LogP contribution in [0.15, 0.2) is 36.4 Å². The highest BCUT2D eigenvalue weighted by Crippen LogP contribution is 2.11. The van der Waals surface area contributed by atoms with E-state index >= 15 is 0 Å². The second-order valence-electron chi connectivity index (χ2n) is 3.76. The molecule has 19 heavy (non-hydrogen) atoms. The molecule has 0 radical (unpaired) electrons. The van der Waals surface area contributed by atoms with Gasteiger partial charge in [0.2, 0.25) is 0 Å². The lowest BCUT2D eigenvalue weighted by molar-refractivity contribution is 0.282. The number of aliphatic hydroxyl groups is 1. The Balaban J connectivity index is 0.00000154. The normalized spacial score (nSPS) is 11.8. The second-order valence-corrected chi connectivity index (χ2v) is 3.76. The Morgan fingerprint density at radius 3 is 2.47 bits per heavy atom. The van der Waals surface area contributed by atoms with Crippen LogP contribution in [0.3, 0.4) is 0 Å². The molecule has 4 heteroatoms. The number of allylic oxidation sites excluding steroid dienone is 1. The molecule has 1 unspecified atom stereocenters. The minimum Gasteiger partial charge on any atom is -0.492 e. The SMILES string of the molecule is CC.NC(CC/C=C/CO)COc1ccc(F)cc1. The Hall–Kier alpha value is -1.39. The van der Waals surface area contributed by atoms with Gasteiger partial charge in [0, 0.05) is 6.04 Å². The molecule has 3 N–H and O–H groups in total. The van der Waals surface area contributed by atoms with Crippen molar-refractivity contribution in [1.82, 2.24) is 0 Å². The van der Waals surface area contributed by atoms with Gasteiger partial charge in [-0.15, -0.1) is 0 Å². The highest BCUT2D eigenvalue weighted by molar-refractivity contribution is 5.22. The summed E-state index contributed by atoms with van der Waals surface area (Å²) in [4.78, 5) is 0. The molecule has 1 atom stereocenters. The van der Waals surface area contributed by atoms with Crippen LogP contribution in [0.4, 0.5) is 4.39 Å². The molecule has 0 saturated carbocycles. The van der Waals surface area contributed by atoms with E-state index in [2.05, 4.69) is 0 Å². The molecular weight excluding hydrogens is 245 g/mol. The van der Waals surface area contributed by atoms with Crippen molar-refractivity contribution in [3.63, 3.8) is 0 Å². The van der Waals surface area contributed by atoms with Crippen LogP contribution in [0.5, 0.6) is 5.75 Å². The standard InChI is InChI=1S/C13H18FNO2.C2H6/c14-11-5-7-13(8-6-11)17-10-12(15)4-2-1-3-9-16;1-2/h1,3,5-8,12,16H,2,4,9-10,15H2;1-2H3/b3-1+;. The molecule has 0 aliphatic heterocycles. The van der Waals surface area contributed by atoms with Crippen LogP contribution in [-0.4, -0.2) is 24.4 Å². The van der Waals surface area contributed by atoms with Crippen molar-refractivity contribution in [2.75, 3.05) is 13.2 Å². The first-order valence-electron chi connectivity index (χ1n) is 6.62. The summed E-state index contributed by atoms with van der Waals surface area (Å²) in [5.74, 6) is 0.337. The zero-order valence-electron chi connectivity index (χ0n) is 11.7. The summed E-state index contributed by atoms with van der Waals surface area (Å²) >= 11 is 0. The third kappa shape index (κ3) is 9.22. The molecule has 1 rings (SSSR count). The minimum absolute atomic E-state index is 0.0569. The third-order valence-corrected chi connectivity index (χ3v) is 2.25. The average Bonchev–Trinajstić information content (AvgIpc) is 2.45. The number of aliphatic hydroxyl groups excluding tert-OH is 1. The van der Waals surface area contributed by atoms with Crippen molar-refractivity contribution in [2.45, 2.75) is 32.7 Å². The number of hydrogen-bond donors (Lipinski definition) is 2. The van der Waals surface area contributed by atoms with Crippen LogP contribution in [0.2, 0.25) is 0 Å². The maximum Gasteiger partial charge on any atom is 0.123 e. The van der Waals surface area contributed by atoms with E-state index in [4.69, 9.17) is 15.6 Å². The Kier molecular flexibility index (Phi) is 10.8. The van der Waals surface area contributed by atoms with Gasteiger partial charge in [0.1, 0.15) is 18.2 Å². The van der Waals surface area contributed by atoms with Crippen LogP contribution in [-0.2, 0) is 0 Å². The Morgan fingerprint density at radius 2 is 1.89 bits per heavy atom. The van der Waals surface area contributed by atoms with Gasteiger partial charge in [-0.3, -0.25) is 0 Å². The van der Waals surface area contributed by atoms with Gasteiger partial charge in [-0.25, -0.2) is 4.39 Å². The molecule has 0 aliphatic rings. The van der Waals surface area contributed by atoms with Crippen molar-refractivity contribution >= 4 is 0 Å². The van der Waals surface area contributed by atoms with Gasteiger partial charge in [0.25, 0.3) is 0 Å². The number of halogens is 1. The summed E-state index contributed by atoms with van der Waals surface area (Å²) in [5.41, 5.74) is 5.84. The number of hydrogen-bond acceptors (Lipinski definition) is 3. The first kappa shape index (κ1) is 17.6. The zero-order valence-corrected chi connectivity index (χ0v) is 11.7. The van der Waals surface area contributed by atoms with E-state index in [1.54, 1.807) is 18.2 Å². The van der Waals surface area contributed by atoms with Crippen molar-refractivity contribution in [2.24, 2.45) is 5.73 Å². The molecule has 0 amide bonds. The molecule has 0 fully saturated rings. The molecule has 3 nitrogen and oxygen atoms in total. The van der Waals surface area contributed by atoms with Gasteiger partial charge in [-0.1, -0.05) is 26.0 Å². The van der Waals surface area contributed by atoms with Gasteiger partial charge >= 0.3 is 0 Å². The fourth-order valence-corrected chi connectivity index (χ4v) is 1.32. The molecule has 0 heterocycles. The minimum atomic E-state index is -0.282. The summed E-state index contributed by atoms with van der Waals surface area (Å²) in [7, 11) is 0. The Bertz CT molecular complexity index is 339.